The summed E-state index contributed by atoms with van der Waals surface area (Å²) >= 11 is 0. The number of quaternary nitrogens is 1. The first kappa shape index (κ1) is 18.4. The van der Waals surface area contributed by atoms with E-state index < -0.39 is 18.2 Å². The SMILES string of the molecule is C[N+]1(C)CCOCC1.[O-]C(F)(F)C(F)(F)C(F)(F)F. The molecule has 0 aliphatic carbocycles. The zero-order valence-electron chi connectivity index (χ0n) is 10.2. The lowest BCUT2D eigenvalue weighted by molar-refractivity contribution is -0.898. The molecule has 1 saturated heterocycles. The lowest BCUT2D eigenvalue weighted by Crippen LogP contribution is -2.59. The molecular formula is C9H14F7NO2. The molecule has 19 heavy (non-hydrogen) atoms. The van der Waals surface area contributed by atoms with Crippen LogP contribution in [0.25, 0.3) is 0 Å². The van der Waals surface area contributed by atoms with E-state index in [-0.39, 0.29) is 0 Å². The molecule has 0 atom stereocenters. The molecule has 0 N–H and O–H groups in total. The van der Waals surface area contributed by atoms with E-state index in [9.17, 15) is 30.7 Å². The van der Waals surface area contributed by atoms with Crippen molar-refractivity contribution in [2.45, 2.75) is 18.2 Å². The van der Waals surface area contributed by atoms with E-state index >= 15 is 0 Å². The van der Waals surface area contributed by atoms with Gasteiger partial charge in [-0.3, -0.25) is 0 Å². The summed E-state index contributed by atoms with van der Waals surface area (Å²) in [4.78, 5) is 0. The van der Waals surface area contributed by atoms with Gasteiger partial charge < -0.3 is 14.3 Å². The molecule has 1 rings (SSSR count). The number of hydrogen-bond donors (Lipinski definition) is 0. The fraction of sp³-hybridized carbons (Fsp3) is 1.00. The van der Waals surface area contributed by atoms with Crippen molar-refractivity contribution in [3.8, 4) is 0 Å². The monoisotopic (exact) mass is 301 g/mol. The summed E-state index contributed by atoms with van der Waals surface area (Å²) < 4.78 is 83.5. The van der Waals surface area contributed by atoms with Crippen LogP contribution in [0.4, 0.5) is 30.7 Å². The average Bonchev–Trinajstić information content (AvgIpc) is 2.14. The van der Waals surface area contributed by atoms with Gasteiger partial charge in [-0.15, -0.1) is 0 Å². The molecule has 1 aliphatic rings. The van der Waals surface area contributed by atoms with E-state index in [1.54, 1.807) is 0 Å². The Kier molecular flexibility index (Phi) is 5.61. The van der Waals surface area contributed by atoms with Crippen molar-refractivity contribution >= 4 is 0 Å². The quantitative estimate of drug-likeness (QED) is 0.539. The Bertz CT molecular complexity index is 261. The van der Waals surface area contributed by atoms with Gasteiger partial charge in [0.1, 0.15) is 13.1 Å². The van der Waals surface area contributed by atoms with E-state index in [0.717, 1.165) is 17.7 Å². The fourth-order valence-corrected chi connectivity index (χ4v) is 1.00. The molecule has 0 aromatic rings. The Balaban J connectivity index is 0.000000356. The number of ether oxygens (including phenoxy) is 1. The highest BCUT2D eigenvalue weighted by molar-refractivity contribution is 4.81. The molecule has 1 aliphatic heterocycles. The van der Waals surface area contributed by atoms with Gasteiger partial charge in [-0.05, 0) is 0 Å². The van der Waals surface area contributed by atoms with Crippen molar-refractivity contribution in [3.63, 3.8) is 0 Å². The van der Waals surface area contributed by atoms with Crippen LogP contribution in [0.5, 0.6) is 0 Å². The van der Waals surface area contributed by atoms with Crippen molar-refractivity contribution in [3.05, 3.63) is 0 Å². The van der Waals surface area contributed by atoms with Crippen molar-refractivity contribution in [1.29, 1.82) is 0 Å². The molecule has 0 bridgehead atoms. The first-order chi connectivity index (χ1) is 8.21. The average molecular weight is 301 g/mol. The molecule has 10 heteroatoms. The zero-order chi connectivity index (χ0) is 15.5. The minimum Gasteiger partial charge on any atom is -0.793 e. The van der Waals surface area contributed by atoms with Gasteiger partial charge in [0.15, 0.2) is 0 Å². The number of rotatable bonds is 1. The summed E-state index contributed by atoms with van der Waals surface area (Å²) in [5.41, 5.74) is 0. The molecule has 0 unspecified atom stereocenters. The summed E-state index contributed by atoms with van der Waals surface area (Å²) in [5, 5.41) is 8.97. The van der Waals surface area contributed by atoms with E-state index in [1.807, 2.05) is 0 Å². The number of hydrogen-bond acceptors (Lipinski definition) is 2. The Morgan fingerprint density at radius 1 is 0.895 bits per heavy atom. The maximum atomic E-state index is 11.2. The van der Waals surface area contributed by atoms with Crippen molar-refractivity contribution in [2.75, 3.05) is 40.4 Å². The smallest absolute Gasteiger partial charge is 0.458 e. The predicted octanol–water partition coefficient (Wildman–Crippen LogP) is 1.23. The lowest BCUT2D eigenvalue weighted by atomic mass is 10.3. The summed E-state index contributed by atoms with van der Waals surface area (Å²) in [6, 6.07) is 0. The third-order valence-corrected chi connectivity index (χ3v) is 2.40. The largest absolute Gasteiger partial charge is 0.793 e. The Morgan fingerprint density at radius 2 is 1.26 bits per heavy atom. The Morgan fingerprint density at radius 3 is 1.37 bits per heavy atom. The van der Waals surface area contributed by atoms with Crippen LogP contribution in [0.1, 0.15) is 0 Å². The molecule has 0 amide bonds. The van der Waals surface area contributed by atoms with Gasteiger partial charge in [-0.1, -0.05) is 0 Å². The third-order valence-electron chi connectivity index (χ3n) is 2.40. The van der Waals surface area contributed by atoms with Gasteiger partial charge >= 0.3 is 12.1 Å². The highest BCUT2D eigenvalue weighted by Crippen LogP contribution is 2.43. The molecule has 1 heterocycles. The number of nitrogens with zero attached hydrogens (tertiary/aromatic N) is 1. The minimum absolute atomic E-state index is 0.938. The summed E-state index contributed by atoms with van der Waals surface area (Å²) in [5.74, 6) is -6.51. The molecule has 0 saturated carbocycles. The predicted molar refractivity (Wildman–Crippen MR) is 48.6 cm³/mol. The van der Waals surface area contributed by atoms with E-state index in [1.165, 1.54) is 13.1 Å². The lowest BCUT2D eigenvalue weighted by Gasteiger charge is -2.33. The first-order valence-electron chi connectivity index (χ1n) is 5.13. The normalized spacial score (nSPS) is 20.5. The Hall–Kier alpha value is -0.610. The molecule has 1 fully saturated rings. The van der Waals surface area contributed by atoms with Gasteiger partial charge in [0.25, 0.3) is 6.11 Å². The van der Waals surface area contributed by atoms with Crippen LogP contribution in [0.15, 0.2) is 0 Å². The maximum absolute atomic E-state index is 11.2. The number of halogens is 7. The van der Waals surface area contributed by atoms with Crippen LogP contribution in [0, 0.1) is 0 Å². The van der Waals surface area contributed by atoms with Gasteiger partial charge in [0.2, 0.25) is 0 Å². The molecule has 0 aromatic heterocycles. The maximum Gasteiger partial charge on any atom is 0.458 e. The number of alkyl halides is 7. The van der Waals surface area contributed by atoms with E-state index in [0.29, 0.717) is 0 Å². The minimum atomic E-state index is -6.52. The van der Waals surface area contributed by atoms with Crippen LogP contribution < -0.4 is 5.11 Å². The molecule has 0 aromatic carbocycles. The molecule has 3 nitrogen and oxygen atoms in total. The van der Waals surface area contributed by atoms with E-state index in [2.05, 4.69) is 14.1 Å². The molecule has 0 radical (unpaired) electrons. The highest BCUT2D eigenvalue weighted by Gasteiger charge is 2.67. The fourth-order valence-electron chi connectivity index (χ4n) is 1.00. The van der Waals surface area contributed by atoms with Crippen LogP contribution in [-0.4, -0.2) is 63.1 Å². The van der Waals surface area contributed by atoms with Crippen LogP contribution in [0.3, 0.4) is 0 Å². The Labute approximate surface area is 105 Å². The summed E-state index contributed by atoms with van der Waals surface area (Å²) in [6.45, 7) is 4.21. The molecule has 0 spiro atoms. The van der Waals surface area contributed by atoms with Gasteiger partial charge in [0.05, 0.1) is 27.3 Å². The van der Waals surface area contributed by atoms with Gasteiger partial charge in [-0.2, -0.15) is 22.0 Å². The van der Waals surface area contributed by atoms with Crippen molar-refractivity contribution in [1.82, 2.24) is 0 Å². The van der Waals surface area contributed by atoms with Gasteiger partial charge in [0, 0.05) is 0 Å². The van der Waals surface area contributed by atoms with Gasteiger partial charge in [-0.25, -0.2) is 8.78 Å². The van der Waals surface area contributed by atoms with Crippen LogP contribution in [0.2, 0.25) is 0 Å². The van der Waals surface area contributed by atoms with Crippen LogP contribution >= 0.6 is 0 Å². The standard InChI is InChI=1S/C6H14NO.C3F7O/c1-7(2)3-5-8-6-4-7;4-1(5,2(6,7)8)3(9,10)11/h3-6H2,1-2H3;/q+1;-1. The zero-order valence-corrected chi connectivity index (χ0v) is 10.2. The van der Waals surface area contributed by atoms with E-state index in [4.69, 9.17) is 9.84 Å². The number of morpholine rings is 1. The molecular weight excluding hydrogens is 287 g/mol. The molecule has 116 valence electrons. The first-order valence-corrected chi connectivity index (χ1v) is 5.13. The second-order valence-electron chi connectivity index (χ2n) is 4.58. The second-order valence-corrected chi connectivity index (χ2v) is 4.58. The number of likely N-dealkylation sites (N-methyl/N-ethyl adjacent to an activating group) is 1. The van der Waals surface area contributed by atoms with Crippen LogP contribution in [-0.2, 0) is 4.74 Å². The second kappa shape index (κ2) is 5.80. The summed E-state index contributed by atoms with van der Waals surface area (Å²) in [6.07, 6.45) is -12.8. The van der Waals surface area contributed by atoms with Crippen molar-refractivity contribution in [2.24, 2.45) is 0 Å². The highest BCUT2D eigenvalue weighted by atomic mass is 19.4. The van der Waals surface area contributed by atoms with Crippen molar-refractivity contribution < 1.29 is 45.1 Å². The topological polar surface area (TPSA) is 32.3 Å². The third kappa shape index (κ3) is 5.49. The summed E-state index contributed by atoms with van der Waals surface area (Å²) in [7, 11) is 4.48.